The second-order valence-corrected chi connectivity index (χ2v) is 9.11. The Morgan fingerprint density at radius 3 is 2.74 bits per heavy atom. The molecule has 0 aromatic heterocycles. The maximum Gasteiger partial charge on any atom is 0.415 e. The minimum atomic E-state index is -3.58. The van der Waals surface area contributed by atoms with Crippen molar-refractivity contribution in [3.05, 3.63) is 23.8 Å². The van der Waals surface area contributed by atoms with E-state index in [-0.39, 0.29) is 29.4 Å². The van der Waals surface area contributed by atoms with Gasteiger partial charge in [0.25, 0.3) is 0 Å². The number of nitrogens with one attached hydrogen (secondary N) is 2. The van der Waals surface area contributed by atoms with Crippen LogP contribution in [0, 0.1) is 0 Å². The molecule has 0 bridgehead atoms. The van der Waals surface area contributed by atoms with E-state index in [1.807, 2.05) is 0 Å². The Hall–Kier alpha value is -2.13. The van der Waals surface area contributed by atoms with Gasteiger partial charge in [-0.1, -0.05) is 12.8 Å². The summed E-state index contributed by atoms with van der Waals surface area (Å²) in [6.45, 7) is 1.65. The fourth-order valence-corrected chi connectivity index (χ4v) is 5.53. The van der Waals surface area contributed by atoms with Crippen LogP contribution >= 0.6 is 0 Å². The van der Waals surface area contributed by atoms with Gasteiger partial charge in [-0.25, -0.2) is 17.9 Å². The van der Waals surface area contributed by atoms with Crippen molar-refractivity contribution in [3.63, 3.8) is 0 Å². The third-order valence-electron chi connectivity index (χ3n) is 5.49. The van der Waals surface area contributed by atoms with Crippen LogP contribution in [0.4, 0.5) is 10.5 Å². The fourth-order valence-electron chi connectivity index (χ4n) is 4.17. The molecule has 1 aromatic rings. The molecule has 146 valence electrons. The van der Waals surface area contributed by atoms with E-state index >= 15 is 0 Å². The van der Waals surface area contributed by atoms with E-state index in [0.717, 1.165) is 31.2 Å². The Morgan fingerprint density at radius 1 is 1.30 bits per heavy atom. The van der Waals surface area contributed by atoms with E-state index in [4.69, 9.17) is 4.74 Å². The molecule has 0 spiro atoms. The molecule has 27 heavy (non-hydrogen) atoms. The van der Waals surface area contributed by atoms with Gasteiger partial charge < -0.3 is 10.1 Å². The number of carbonyl (C=O) groups is 2. The minimum Gasteiger partial charge on any atom is -0.442 e. The zero-order chi connectivity index (χ0) is 19.2. The van der Waals surface area contributed by atoms with E-state index < -0.39 is 22.2 Å². The van der Waals surface area contributed by atoms with Crippen LogP contribution < -0.4 is 14.9 Å². The number of ether oxygens (including phenoxy) is 1. The van der Waals surface area contributed by atoms with Gasteiger partial charge in [-0.3, -0.25) is 9.69 Å². The van der Waals surface area contributed by atoms with E-state index in [0.29, 0.717) is 12.1 Å². The van der Waals surface area contributed by atoms with Gasteiger partial charge in [0.05, 0.1) is 23.2 Å². The SMILES string of the molecule is CC(=O)NC[C@@H]1OC(=O)N2c3ccc(S(=O)(=O)NC4CCCC4)cc3C[C@@H]12. The van der Waals surface area contributed by atoms with Crippen LogP contribution in [-0.2, 0) is 26.0 Å². The highest BCUT2D eigenvalue weighted by Crippen LogP contribution is 2.39. The topological polar surface area (TPSA) is 105 Å². The predicted molar refractivity (Wildman–Crippen MR) is 97.9 cm³/mol. The maximum atomic E-state index is 12.7. The molecule has 1 saturated heterocycles. The Labute approximate surface area is 158 Å². The summed E-state index contributed by atoms with van der Waals surface area (Å²) in [7, 11) is -3.58. The quantitative estimate of drug-likeness (QED) is 0.784. The standard InChI is InChI=1S/C18H23N3O5S/c1-11(22)19-10-17-16-9-12-8-14(6-7-15(12)21(16)18(23)26-17)27(24,25)20-13-4-2-3-5-13/h6-8,13,16-17,20H,2-5,9-10H2,1H3,(H,19,22)/t16-,17-/m0/s1. The lowest BCUT2D eigenvalue weighted by atomic mass is 10.1. The van der Waals surface area contributed by atoms with Crippen LogP contribution in [0.1, 0.15) is 38.2 Å². The van der Waals surface area contributed by atoms with Crippen LogP contribution in [0.3, 0.4) is 0 Å². The van der Waals surface area contributed by atoms with E-state index in [9.17, 15) is 18.0 Å². The van der Waals surface area contributed by atoms with Crippen LogP contribution in [0.25, 0.3) is 0 Å². The first-order valence-electron chi connectivity index (χ1n) is 9.25. The van der Waals surface area contributed by atoms with Gasteiger partial charge in [-0.15, -0.1) is 0 Å². The molecule has 9 heteroatoms. The molecule has 3 aliphatic rings. The molecule has 2 fully saturated rings. The van der Waals surface area contributed by atoms with Gasteiger partial charge in [-0.05, 0) is 43.0 Å². The predicted octanol–water partition coefficient (Wildman–Crippen LogP) is 1.29. The molecule has 1 aromatic carbocycles. The number of hydrogen-bond acceptors (Lipinski definition) is 5. The zero-order valence-corrected chi connectivity index (χ0v) is 15.9. The van der Waals surface area contributed by atoms with Crippen molar-refractivity contribution < 1.29 is 22.7 Å². The smallest absolute Gasteiger partial charge is 0.415 e. The first-order chi connectivity index (χ1) is 12.8. The highest BCUT2D eigenvalue weighted by atomic mass is 32.2. The van der Waals surface area contributed by atoms with Gasteiger partial charge in [0.1, 0.15) is 6.10 Å². The highest BCUT2D eigenvalue weighted by molar-refractivity contribution is 7.89. The number of amides is 2. The molecule has 0 radical (unpaired) electrons. The lowest BCUT2D eigenvalue weighted by molar-refractivity contribution is -0.119. The monoisotopic (exact) mass is 393 g/mol. The molecule has 2 N–H and O–H groups in total. The Kier molecular flexibility index (Phi) is 4.59. The van der Waals surface area contributed by atoms with Crippen molar-refractivity contribution in [2.45, 2.75) is 62.1 Å². The first-order valence-corrected chi connectivity index (χ1v) is 10.7. The molecule has 0 unspecified atom stereocenters. The van der Waals surface area contributed by atoms with Crippen molar-refractivity contribution in [2.24, 2.45) is 0 Å². The minimum absolute atomic E-state index is 0.00315. The summed E-state index contributed by atoms with van der Waals surface area (Å²) in [5, 5.41) is 2.67. The largest absolute Gasteiger partial charge is 0.442 e. The van der Waals surface area contributed by atoms with Crippen LogP contribution in [0.2, 0.25) is 0 Å². The van der Waals surface area contributed by atoms with Crippen LogP contribution in [-0.4, -0.2) is 45.2 Å². The summed E-state index contributed by atoms with van der Waals surface area (Å²) in [5.74, 6) is -0.189. The molecule has 2 aliphatic heterocycles. The van der Waals surface area contributed by atoms with Crippen molar-refractivity contribution in [3.8, 4) is 0 Å². The number of nitrogens with zero attached hydrogens (tertiary/aromatic N) is 1. The molecule has 1 aliphatic carbocycles. The van der Waals surface area contributed by atoms with Crippen molar-refractivity contribution >= 4 is 27.7 Å². The molecular weight excluding hydrogens is 370 g/mol. The lowest BCUT2D eigenvalue weighted by Crippen LogP contribution is -2.40. The third-order valence-corrected chi connectivity index (χ3v) is 7.01. The molecule has 8 nitrogen and oxygen atoms in total. The number of fused-ring (bicyclic) bond motifs is 3. The first kappa shape index (κ1) is 18.2. The van der Waals surface area contributed by atoms with Gasteiger partial charge in [-0.2, -0.15) is 0 Å². The molecular formula is C18H23N3O5S. The molecule has 4 rings (SSSR count). The average Bonchev–Trinajstić information content (AvgIpc) is 3.29. The normalized spacial score (nSPS) is 24.6. The summed E-state index contributed by atoms with van der Waals surface area (Å²) in [6.07, 6.45) is 3.42. The number of rotatable bonds is 5. The number of carbonyl (C=O) groups excluding carboxylic acids is 2. The number of anilines is 1. The van der Waals surface area contributed by atoms with Crippen molar-refractivity contribution in [1.29, 1.82) is 0 Å². The van der Waals surface area contributed by atoms with Crippen molar-refractivity contribution in [1.82, 2.24) is 10.0 Å². The Bertz CT molecular complexity index is 879. The number of cyclic esters (lactones) is 1. The second kappa shape index (κ2) is 6.79. The summed E-state index contributed by atoms with van der Waals surface area (Å²) in [4.78, 5) is 25.2. The number of sulfonamides is 1. The van der Waals surface area contributed by atoms with E-state index in [2.05, 4.69) is 10.0 Å². The molecule has 1 saturated carbocycles. The van der Waals surface area contributed by atoms with Gasteiger partial charge in [0, 0.05) is 13.0 Å². The summed E-state index contributed by atoms with van der Waals surface area (Å²) in [6, 6.07) is 4.62. The van der Waals surface area contributed by atoms with Crippen molar-refractivity contribution in [2.75, 3.05) is 11.4 Å². The molecule has 2 heterocycles. The van der Waals surface area contributed by atoms with E-state index in [1.54, 1.807) is 17.0 Å². The summed E-state index contributed by atoms with van der Waals surface area (Å²) < 4.78 is 33.5. The Morgan fingerprint density at radius 2 is 2.04 bits per heavy atom. The maximum absolute atomic E-state index is 12.7. The van der Waals surface area contributed by atoms with Gasteiger partial charge in [0.2, 0.25) is 15.9 Å². The van der Waals surface area contributed by atoms with E-state index in [1.165, 1.54) is 13.0 Å². The summed E-state index contributed by atoms with van der Waals surface area (Å²) in [5.41, 5.74) is 1.48. The van der Waals surface area contributed by atoms with Gasteiger partial charge in [0.15, 0.2) is 0 Å². The highest BCUT2D eigenvalue weighted by Gasteiger charge is 2.47. The fraction of sp³-hybridized carbons (Fsp3) is 0.556. The van der Waals surface area contributed by atoms with Gasteiger partial charge >= 0.3 is 6.09 Å². The Balaban J connectivity index is 1.55. The third kappa shape index (κ3) is 3.41. The lowest BCUT2D eigenvalue weighted by Gasteiger charge is -2.16. The van der Waals surface area contributed by atoms with Crippen LogP contribution in [0.15, 0.2) is 23.1 Å². The molecule has 2 amide bonds. The summed E-state index contributed by atoms with van der Waals surface area (Å²) >= 11 is 0. The number of hydrogen-bond donors (Lipinski definition) is 2. The second-order valence-electron chi connectivity index (χ2n) is 7.39. The zero-order valence-electron chi connectivity index (χ0n) is 15.1. The average molecular weight is 393 g/mol. The molecule has 2 atom stereocenters. The van der Waals surface area contributed by atoms with Crippen LogP contribution in [0.5, 0.6) is 0 Å². The number of benzene rings is 1.